The molecule has 0 radical (unpaired) electrons. The van der Waals surface area contributed by atoms with Crippen LogP contribution in [0.3, 0.4) is 0 Å². The van der Waals surface area contributed by atoms with Gasteiger partial charge in [0.1, 0.15) is 5.75 Å². The zero-order valence-electron chi connectivity index (χ0n) is 7.37. The van der Waals surface area contributed by atoms with Crippen LogP contribution < -0.4 is 4.18 Å². The van der Waals surface area contributed by atoms with Crippen molar-refractivity contribution in [3.63, 3.8) is 0 Å². The number of hydrogen-bond acceptors (Lipinski definition) is 2. The summed E-state index contributed by atoms with van der Waals surface area (Å²) in [6.07, 6.45) is 5.78. The van der Waals surface area contributed by atoms with E-state index in [1.54, 1.807) is 0 Å². The van der Waals surface area contributed by atoms with Crippen LogP contribution in [0.4, 0.5) is 0 Å². The summed E-state index contributed by atoms with van der Waals surface area (Å²) in [6, 6.07) is 7.86. The van der Waals surface area contributed by atoms with Crippen molar-refractivity contribution in [1.82, 2.24) is 0 Å². The summed E-state index contributed by atoms with van der Waals surface area (Å²) >= 11 is 6.86. The molecule has 1 aromatic rings. The lowest BCUT2D eigenvalue weighted by atomic mass is 10.2. The first-order valence-electron chi connectivity index (χ1n) is 3.90. The van der Waals surface area contributed by atoms with Crippen LogP contribution in [0.25, 0.3) is 6.08 Å². The Morgan fingerprint density at radius 3 is 2.62 bits per heavy atom. The van der Waals surface area contributed by atoms with Crippen LogP contribution in [0.1, 0.15) is 5.56 Å². The van der Waals surface area contributed by atoms with Crippen LogP contribution in [0.15, 0.2) is 30.3 Å². The van der Waals surface area contributed by atoms with E-state index in [2.05, 4.69) is 0 Å². The van der Waals surface area contributed by atoms with E-state index in [0.29, 0.717) is 5.88 Å². The highest BCUT2D eigenvalue weighted by molar-refractivity contribution is 7.94. The monoisotopic (exact) mass is 214 g/mol. The molecule has 0 amide bonds. The number of alkyl halides is 1. The fourth-order valence-corrected chi connectivity index (χ4v) is 1.30. The quantitative estimate of drug-likeness (QED) is 0.560. The van der Waals surface area contributed by atoms with Crippen LogP contribution in [0.2, 0.25) is 0 Å². The molecule has 13 heavy (non-hydrogen) atoms. The van der Waals surface area contributed by atoms with E-state index in [9.17, 15) is 0 Å². The summed E-state index contributed by atoms with van der Waals surface area (Å²) in [5.41, 5.74) is 1.13. The van der Waals surface area contributed by atoms with Gasteiger partial charge in [0.05, 0.1) is 12.0 Å². The Balaban J connectivity index is 2.64. The van der Waals surface area contributed by atoms with Gasteiger partial charge in [0.15, 0.2) is 0 Å². The molecule has 3 heteroatoms. The fraction of sp³-hybridized carbons (Fsp3) is 0.200. The lowest BCUT2D eigenvalue weighted by molar-refractivity contribution is 0.650. The minimum absolute atomic E-state index is 0.545. The van der Waals surface area contributed by atoms with Gasteiger partial charge in [-0.2, -0.15) is 0 Å². The zero-order chi connectivity index (χ0) is 9.52. The van der Waals surface area contributed by atoms with Gasteiger partial charge in [0, 0.05) is 12.1 Å². The van der Waals surface area contributed by atoms with E-state index in [1.165, 1.54) is 12.0 Å². The van der Waals surface area contributed by atoms with Crippen molar-refractivity contribution in [2.24, 2.45) is 0 Å². The Bertz CT molecular complexity index is 269. The smallest absolute Gasteiger partial charge is 0.137 e. The number of benzene rings is 1. The normalized spacial score (nSPS) is 10.6. The van der Waals surface area contributed by atoms with Gasteiger partial charge in [0.2, 0.25) is 0 Å². The molecule has 0 aromatic heterocycles. The maximum absolute atomic E-state index is 5.52. The zero-order valence-corrected chi connectivity index (χ0v) is 8.94. The number of rotatable bonds is 4. The third-order valence-corrected chi connectivity index (χ3v) is 2.00. The average Bonchev–Trinajstić information content (AvgIpc) is 2.17. The van der Waals surface area contributed by atoms with Gasteiger partial charge in [-0.05, 0) is 17.7 Å². The van der Waals surface area contributed by atoms with Crippen molar-refractivity contribution in [1.29, 1.82) is 0 Å². The highest BCUT2D eigenvalue weighted by Gasteiger charge is 1.91. The minimum atomic E-state index is 0.545. The molecular formula is C10H11ClOS. The number of allylic oxidation sites excluding steroid dienone is 1. The molecule has 70 valence electrons. The molecule has 0 N–H and O–H groups in total. The van der Waals surface area contributed by atoms with Gasteiger partial charge in [-0.25, -0.2) is 0 Å². The van der Waals surface area contributed by atoms with Gasteiger partial charge in [-0.1, -0.05) is 24.3 Å². The highest BCUT2D eigenvalue weighted by atomic mass is 35.5. The topological polar surface area (TPSA) is 9.23 Å². The molecule has 0 aliphatic rings. The molecule has 0 unspecified atom stereocenters. The highest BCUT2D eigenvalue weighted by Crippen LogP contribution is 2.16. The van der Waals surface area contributed by atoms with E-state index in [4.69, 9.17) is 15.8 Å². The lowest BCUT2D eigenvalue weighted by Crippen LogP contribution is -1.78. The van der Waals surface area contributed by atoms with E-state index in [1.807, 2.05) is 42.7 Å². The van der Waals surface area contributed by atoms with Gasteiger partial charge in [0.25, 0.3) is 0 Å². The number of halogens is 1. The van der Waals surface area contributed by atoms with Gasteiger partial charge in [-0.3, -0.25) is 0 Å². The molecule has 1 nitrogen and oxygen atoms in total. The summed E-state index contributed by atoms with van der Waals surface area (Å²) < 4.78 is 5.23. The Morgan fingerprint density at radius 2 is 2.08 bits per heavy atom. The summed E-state index contributed by atoms with van der Waals surface area (Å²) in [4.78, 5) is 0. The van der Waals surface area contributed by atoms with Crippen molar-refractivity contribution >= 4 is 29.7 Å². The summed E-state index contributed by atoms with van der Waals surface area (Å²) in [6.45, 7) is 0. The molecule has 0 atom stereocenters. The second kappa shape index (κ2) is 5.95. The third-order valence-electron chi connectivity index (χ3n) is 1.46. The van der Waals surface area contributed by atoms with Crippen LogP contribution in [-0.2, 0) is 0 Å². The minimum Gasteiger partial charge on any atom is -0.426 e. The van der Waals surface area contributed by atoms with Crippen molar-refractivity contribution in [2.45, 2.75) is 0 Å². The van der Waals surface area contributed by atoms with Gasteiger partial charge in [-0.15, -0.1) is 11.6 Å². The van der Waals surface area contributed by atoms with Crippen molar-refractivity contribution in [3.05, 3.63) is 35.9 Å². The first kappa shape index (κ1) is 10.5. The fourth-order valence-electron chi connectivity index (χ4n) is 0.911. The van der Waals surface area contributed by atoms with E-state index in [0.717, 1.165) is 11.3 Å². The molecule has 1 aromatic carbocycles. The molecule has 0 spiro atoms. The molecular weight excluding hydrogens is 204 g/mol. The van der Waals surface area contributed by atoms with Crippen LogP contribution in [-0.4, -0.2) is 12.1 Å². The van der Waals surface area contributed by atoms with Gasteiger partial charge < -0.3 is 4.18 Å². The molecule has 0 saturated carbocycles. The predicted octanol–water partition coefficient (Wildman–Crippen LogP) is 3.60. The van der Waals surface area contributed by atoms with Crippen molar-refractivity contribution < 1.29 is 4.18 Å². The van der Waals surface area contributed by atoms with Crippen molar-refractivity contribution in [3.8, 4) is 5.75 Å². The van der Waals surface area contributed by atoms with E-state index in [-0.39, 0.29) is 0 Å². The summed E-state index contributed by atoms with van der Waals surface area (Å²) in [7, 11) is 0. The molecule has 0 heterocycles. The third kappa shape index (κ3) is 3.75. The van der Waals surface area contributed by atoms with Crippen LogP contribution in [0, 0.1) is 0 Å². The molecule has 1 rings (SSSR count). The second-order valence-electron chi connectivity index (χ2n) is 2.38. The molecule has 0 bridgehead atoms. The van der Waals surface area contributed by atoms with Crippen molar-refractivity contribution in [2.75, 3.05) is 12.1 Å². The number of hydrogen-bond donors (Lipinski definition) is 0. The standard InChI is InChI=1S/C10H11ClOS/c1-13-12-10-6-4-9(5-7-10)3-2-8-11/h2-7H,8H2,1H3/b3-2+. The molecule has 0 saturated heterocycles. The Morgan fingerprint density at radius 1 is 1.38 bits per heavy atom. The second-order valence-corrected chi connectivity index (χ2v) is 3.18. The van der Waals surface area contributed by atoms with E-state index < -0.39 is 0 Å². The summed E-state index contributed by atoms with van der Waals surface area (Å²) in [5.74, 6) is 1.42. The van der Waals surface area contributed by atoms with Crippen LogP contribution in [0.5, 0.6) is 5.75 Å². The molecule has 0 aliphatic heterocycles. The molecule has 0 fully saturated rings. The Hall–Kier alpha value is -0.600. The Kier molecular flexibility index (Phi) is 4.79. The lowest BCUT2D eigenvalue weighted by Gasteiger charge is -2.00. The average molecular weight is 215 g/mol. The Labute approximate surface area is 88.0 Å². The molecule has 0 aliphatic carbocycles. The van der Waals surface area contributed by atoms with E-state index >= 15 is 0 Å². The van der Waals surface area contributed by atoms with Crippen LogP contribution >= 0.6 is 23.6 Å². The van der Waals surface area contributed by atoms with Gasteiger partial charge >= 0.3 is 0 Å². The SMILES string of the molecule is CSOc1ccc(/C=C/CCl)cc1. The largest absolute Gasteiger partial charge is 0.426 e. The maximum atomic E-state index is 5.52. The summed E-state index contributed by atoms with van der Waals surface area (Å²) in [5, 5.41) is 0. The first-order chi connectivity index (χ1) is 6.36. The maximum Gasteiger partial charge on any atom is 0.137 e. The predicted molar refractivity (Wildman–Crippen MR) is 60.3 cm³/mol. The first-order valence-corrected chi connectivity index (χ1v) is 5.58.